The van der Waals surface area contributed by atoms with Crippen LogP contribution in [0.15, 0.2) is 42.7 Å². The lowest BCUT2D eigenvalue weighted by molar-refractivity contribution is -0.117. The van der Waals surface area contributed by atoms with Gasteiger partial charge in [0.15, 0.2) is 0 Å². The Hall–Kier alpha value is -2.51. The molecule has 0 spiro atoms. The van der Waals surface area contributed by atoms with E-state index in [-0.39, 0.29) is 11.9 Å². The van der Waals surface area contributed by atoms with E-state index < -0.39 is 6.04 Å². The van der Waals surface area contributed by atoms with Crippen molar-refractivity contribution in [2.24, 2.45) is 0 Å². The number of piperazine rings is 1. The number of carbonyl (C=O) groups is 2. The van der Waals surface area contributed by atoms with Crippen molar-refractivity contribution in [1.29, 1.82) is 0 Å². The highest BCUT2D eigenvalue weighted by Crippen LogP contribution is 2.27. The predicted molar refractivity (Wildman–Crippen MR) is 111 cm³/mol. The minimum Gasteiger partial charge on any atom is -0.368 e. The molecule has 0 bridgehead atoms. The van der Waals surface area contributed by atoms with Gasteiger partial charge in [0, 0.05) is 49.9 Å². The zero-order valence-corrected chi connectivity index (χ0v) is 16.9. The van der Waals surface area contributed by atoms with Crippen LogP contribution in [-0.2, 0) is 4.79 Å². The van der Waals surface area contributed by atoms with Gasteiger partial charge in [0.1, 0.15) is 6.04 Å². The molecule has 9 heteroatoms. The highest BCUT2D eigenvalue weighted by atomic mass is 35.5. The van der Waals surface area contributed by atoms with Crippen LogP contribution in [0, 0.1) is 0 Å². The quantitative estimate of drug-likeness (QED) is 0.793. The number of nitrogens with one attached hydrogen (secondary N) is 2. The van der Waals surface area contributed by atoms with E-state index in [9.17, 15) is 9.59 Å². The Kier molecular flexibility index (Phi) is 6.59. The first-order chi connectivity index (χ1) is 13.4. The predicted octanol–water partition coefficient (Wildman–Crippen LogP) is 3.25. The van der Waals surface area contributed by atoms with Crippen LogP contribution in [0.4, 0.5) is 16.2 Å². The number of urea groups is 1. The number of aromatic nitrogens is 1. The molecule has 2 N–H and O–H groups in total. The summed E-state index contributed by atoms with van der Waals surface area (Å²) in [5, 5.41) is 6.51. The lowest BCUT2D eigenvalue weighted by Gasteiger charge is -2.36. The number of benzene rings is 1. The molecule has 1 aliphatic heterocycles. The van der Waals surface area contributed by atoms with Gasteiger partial charge < -0.3 is 20.4 Å². The maximum atomic E-state index is 12.5. The largest absolute Gasteiger partial charge is 0.368 e. The van der Waals surface area contributed by atoms with Gasteiger partial charge in [-0.05, 0) is 37.3 Å². The minimum atomic E-state index is -0.659. The number of hydrogen-bond donors (Lipinski definition) is 2. The summed E-state index contributed by atoms with van der Waals surface area (Å²) in [4.78, 5) is 32.4. The summed E-state index contributed by atoms with van der Waals surface area (Å²) in [6.07, 6.45) is 3.18. The van der Waals surface area contributed by atoms with Gasteiger partial charge in [-0.1, -0.05) is 23.2 Å². The molecule has 1 aromatic carbocycles. The molecule has 148 valence electrons. The van der Waals surface area contributed by atoms with Crippen LogP contribution >= 0.6 is 23.2 Å². The number of carbonyl (C=O) groups excluding carboxylic acids is 2. The molecule has 1 fully saturated rings. The van der Waals surface area contributed by atoms with Crippen molar-refractivity contribution in [3.8, 4) is 0 Å². The fraction of sp³-hybridized carbons (Fsp3) is 0.316. The van der Waals surface area contributed by atoms with Crippen molar-refractivity contribution in [3.63, 3.8) is 0 Å². The van der Waals surface area contributed by atoms with Gasteiger partial charge in [0.25, 0.3) is 0 Å². The van der Waals surface area contributed by atoms with Gasteiger partial charge in [-0.2, -0.15) is 0 Å². The second-order valence-corrected chi connectivity index (χ2v) is 7.28. The fourth-order valence-corrected chi connectivity index (χ4v) is 3.17. The van der Waals surface area contributed by atoms with Crippen molar-refractivity contribution in [1.82, 2.24) is 15.2 Å². The van der Waals surface area contributed by atoms with Crippen LogP contribution in [0.5, 0.6) is 0 Å². The third-order valence-electron chi connectivity index (χ3n) is 4.52. The highest BCUT2D eigenvalue weighted by Gasteiger charge is 2.24. The van der Waals surface area contributed by atoms with Crippen LogP contribution in [0.2, 0.25) is 10.0 Å². The standard InChI is InChI=1S/C19H21Cl2N5O2/c1-13(18(27)24-14-4-6-22-7-5-14)23-19(28)26-10-8-25(9-11-26)15-2-3-16(20)17(21)12-15/h2-7,12-13H,8-11H2,1H3,(H,23,28)(H,22,24,27). The molecule has 2 heterocycles. The first-order valence-corrected chi connectivity index (χ1v) is 9.66. The second-order valence-electron chi connectivity index (χ2n) is 6.47. The number of halogens is 2. The first kappa shape index (κ1) is 20.2. The lowest BCUT2D eigenvalue weighted by atomic mass is 10.2. The average molecular weight is 422 g/mol. The van der Waals surface area contributed by atoms with Crippen molar-refractivity contribution < 1.29 is 9.59 Å². The molecular formula is C19H21Cl2N5O2. The number of hydrogen-bond acceptors (Lipinski definition) is 4. The highest BCUT2D eigenvalue weighted by molar-refractivity contribution is 6.42. The number of rotatable bonds is 4. The maximum Gasteiger partial charge on any atom is 0.318 e. The summed E-state index contributed by atoms with van der Waals surface area (Å²) in [5.74, 6) is -0.283. The third-order valence-corrected chi connectivity index (χ3v) is 5.26. The topological polar surface area (TPSA) is 77.6 Å². The van der Waals surface area contributed by atoms with Crippen molar-refractivity contribution in [2.75, 3.05) is 36.4 Å². The lowest BCUT2D eigenvalue weighted by Crippen LogP contribution is -2.54. The van der Waals surface area contributed by atoms with Crippen LogP contribution in [0.3, 0.4) is 0 Å². The average Bonchev–Trinajstić information content (AvgIpc) is 2.71. The zero-order chi connectivity index (χ0) is 20.1. The summed E-state index contributed by atoms with van der Waals surface area (Å²) in [7, 11) is 0. The van der Waals surface area contributed by atoms with Crippen molar-refractivity contribution in [3.05, 3.63) is 52.8 Å². The number of pyridine rings is 1. The SMILES string of the molecule is CC(NC(=O)N1CCN(c2ccc(Cl)c(Cl)c2)CC1)C(=O)Nc1ccncc1. The van der Waals surface area contributed by atoms with E-state index in [1.807, 2.05) is 12.1 Å². The van der Waals surface area contributed by atoms with E-state index in [0.717, 1.165) is 5.69 Å². The van der Waals surface area contributed by atoms with Gasteiger partial charge in [0.2, 0.25) is 5.91 Å². The van der Waals surface area contributed by atoms with Crippen LogP contribution in [-0.4, -0.2) is 54.0 Å². The number of nitrogens with zero attached hydrogens (tertiary/aromatic N) is 3. The molecule has 7 nitrogen and oxygen atoms in total. The molecular weight excluding hydrogens is 401 g/mol. The van der Waals surface area contributed by atoms with E-state index in [1.54, 1.807) is 42.4 Å². The van der Waals surface area contributed by atoms with Crippen molar-refractivity contribution >= 4 is 46.5 Å². The normalized spacial score (nSPS) is 15.1. The molecule has 1 saturated heterocycles. The Morgan fingerprint density at radius 3 is 2.36 bits per heavy atom. The summed E-state index contributed by atoms with van der Waals surface area (Å²) in [5.41, 5.74) is 1.61. The molecule has 1 atom stereocenters. The second kappa shape index (κ2) is 9.12. The summed E-state index contributed by atoms with van der Waals surface area (Å²) >= 11 is 12.0. The van der Waals surface area contributed by atoms with Gasteiger partial charge in [-0.25, -0.2) is 4.79 Å². The molecule has 0 radical (unpaired) electrons. The van der Waals surface area contributed by atoms with Crippen LogP contribution < -0.4 is 15.5 Å². The molecule has 2 aromatic rings. The summed E-state index contributed by atoms with van der Waals surface area (Å²) in [6.45, 7) is 4.09. The Balaban J connectivity index is 1.49. The molecule has 0 saturated carbocycles. The molecule has 1 unspecified atom stereocenters. The molecule has 3 amide bonds. The van der Waals surface area contributed by atoms with Crippen LogP contribution in [0.25, 0.3) is 0 Å². The van der Waals surface area contributed by atoms with Gasteiger partial charge in [0.05, 0.1) is 10.0 Å². The van der Waals surface area contributed by atoms with Gasteiger partial charge >= 0.3 is 6.03 Å². The first-order valence-electron chi connectivity index (χ1n) is 8.90. The molecule has 28 heavy (non-hydrogen) atoms. The summed E-state index contributed by atoms with van der Waals surface area (Å²) in [6, 6.07) is 7.96. The summed E-state index contributed by atoms with van der Waals surface area (Å²) < 4.78 is 0. The number of amides is 3. The molecule has 1 aromatic heterocycles. The molecule has 3 rings (SSSR count). The van der Waals surface area contributed by atoms with E-state index in [2.05, 4.69) is 20.5 Å². The van der Waals surface area contributed by atoms with E-state index in [4.69, 9.17) is 23.2 Å². The Labute approximate surface area is 173 Å². The Morgan fingerprint density at radius 1 is 1.04 bits per heavy atom. The van der Waals surface area contributed by atoms with Crippen LogP contribution in [0.1, 0.15) is 6.92 Å². The molecule has 1 aliphatic rings. The molecule has 0 aliphatic carbocycles. The monoisotopic (exact) mass is 421 g/mol. The van der Waals surface area contributed by atoms with E-state index in [1.165, 1.54) is 0 Å². The maximum absolute atomic E-state index is 12.5. The Bertz CT molecular complexity index is 841. The minimum absolute atomic E-state index is 0.258. The van der Waals surface area contributed by atoms with Crippen molar-refractivity contribution in [2.45, 2.75) is 13.0 Å². The van der Waals surface area contributed by atoms with Gasteiger partial charge in [-0.3, -0.25) is 9.78 Å². The van der Waals surface area contributed by atoms with E-state index >= 15 is 0 Å². The smallest absolute Gasteiger partial charge is 0.318 e. The van der Waals surface area contributed by atoms with Gasteiger partial charge in [-0.15, -0.1) is 0 Å². The van der Waals surface area contributed by atoms with E-state index in [0.29, 0.717) is 41.9 Å². The number of anilines is 2. The fourth-order valence-electron chi connectivity index (χ4n) is 2.88. The Morgan fingerprint density at radius 2 is 1.71 bits per heavy atom. The zero-order valence-electron chi connectivity index (χ0n) is 15.4. The third kappa shape index (κ3) is 5.05.